The summed E-state index contributed by atoms with van der Waals surface area (Å²) in [5.74, 6) is -1.08. The summed E-state index contributed by atoms with van der Waals surface area (Å²) in [7, 11) is -2.24. The molecule has 144 valence electrons. The van der Waals surface area contributed by atoms with E-state index in [1.165, 1.54) is 40.5 Å². The van der Waals surface area contributed by atoms with E-state index in [0.29, 0.717) is 13.1 Å². The van der Waals surface area contributed by atoms with Crippen molar-refractivity contribution in [2.45, 2.75) is 31.3 Å². The minimum Gasteiger partial charge on any atom is -0.478 e. The van der Waals surface area contributed by atoms with Crippen LogP contribution in [0.1, 0.15) is 31.1 Å². The molecule has 0 atom stereocenters. The Balaban J connectivity index is 1.93. The van der Waals surface area contributed by atoms with Crippen molar-refractivity contribution in [1.29, 1.82) is 0 Å². The third kappa shape index (κ3) is 4.73. The van der Waals surface area contributed by atoms with Crippen molar-refractivity contribution in [1.82, 2.24) is 9.21 Å². The van der Waals surface area contributed by atoms with E-state index in [2.05, 4.69) is 0 Å². The third-order valence-corrected chi connectivity index (χ3v) is 5.77. The van der Waals surface area contributed by atoms with Crippen LogP contribution >= 0.6 is 0 Å². The Morgan fingerprint density at radius 1 is 1.23 bits per heavy atom. The number of sulfonamides is 1. The lowest BCUT2D eigenvalue weighted by atomic mass is 10.0. The van der Waals surface area contributed by atoms with Gasteiger partial charge in [0.25, 0.3) is 0 Å². The van der Waals surface area contributed by atoms with E-state index in [1.54, 1.807) is 20.8 Å². The third-order valence-electron chi connectivity index (χ3n) is 3.93. The van der Waals surface area contributed by atoms with Crippen LogP contribution in [0.4, 0.5) is 4.79 Å². The number of ether oxygens (including phenoxy) is 1. The average molecular weight is 384 g/mol. The summed E-state index contributed by atoms with van der Waals surface area (Å²) in [5.41, 5.74) is -0.539. The Kier molecular flexibility index (Phi) is 5.62. The Labute approximate surface area is 153 Å². The first-order valence-corrected chi connectivity index (χ1v) is 9.62. The monoisotopic (exact) mass is 384 g/mol. The molecule has 1 amide bonds. The zero-order valence-electron chi connectivity index (χ0n) is 15.3. The van der Waals surface area contributed by atoms with Gasteiger partial charge >= 0.3 is 12.1 Å². The fraction of sp³-hybridized carbons (Fsp3) is 0.529. The van der Waals surface area contributed by atoms with E-state index in [9.17, 15) is 18.0 Å². The van der Waals surface area contributed by atoms with Gasteiger partial charge in [0.15, 0.2) is 0 Å². The van der Waals surface area contributed by atoms with Crippen molar-refractivity contribution < 1.29 is 27.9 Å². The average Bonchev–Trinajstić information content (AvgIpc) is 2.48. The Morgan fingerprint density at radius 3 is 2.23 bits per heavy atom. The molecule has 0 aromatic heterocycles. The van der Waals surface area contributed by atoms with Crippen LogP contribution in [0.3, 0.4) is 0 Å². The molecule has 1 saturated heterocycles. The lowest BCUT2D eigenvalue weighted by Crippen LogP contribution is -2.55. The number of nitrogens with zero attached hydrogens (tertiary/aromatic N) is 2. The fourth-order valence-electron chi connectivity index (χ4n) is 2.57. The van der Waals surface area contributed by atoms with Gasteiger partial charge < -0.3 is 14.7 Å². The molecule has 1 aliphatic heterocycles. The maximum Gasteiger partial charge on any atom is 0.410 e. The number of carboxylic acids is 1. The first-order chi connectivity index (χ1) is 11.9. The highest BCUT2D eigenvalue weighted by molar-refractivity contribution is 7.89. The molecule has 2 rings (SSSR count). The Morgan fingerprint density at radius 2 is 1.77 bits per heavy atom. The summed E-state index contributed by atoms with van der Waals surface area (Å²) in [4.78, 5) is 24.3. The summed E-state index contributed by atoms with van der Waals surface area (Å²) in [5, 5.41) is 8.88. The van der Waals surface area contributed by atoms with Gasteiger partial charge in [0.05, 0.1) is 10.5 Å². The molecule has 26 heavy (non-hydrogen) atoms. The fourth-order valence-corrected chi connectivity index (χ4v) is 3.82. The van der Waals surface area contributed by atoms with Crippen LogP contribution in [0, 0.1) is 5.92 Å². The number of aromatic carboxylic acids is 1. The molecule has 1 fully saturated rings. The van der Waals surface area contributed by atoms with Crippen molar-refractivity contribution in [2.75, 3.05) is 26.7 Å². The molecule has 8 nitrogen and oxygen atoms in total. The van der Waals surface area contributed by atoms with E-state index in [0.717, 1.165) is 0 Å². The minimum absolute atomic E-state index is 0.0265. The SMILES string of the molecule is CN(CC1CN(C(=O)OC(C)(C)C)C1)S(=O)(=O)c1ccc(C(=O)O)cc1. The highest BCUT2D eigenvalue weighted by Gasteiger charge is 2.36. The van der Waals surface area contributed by atoms with Crippen LogP contribution in [0.2, 0.25) is 0 Å². The van der Waals surface area contributed by atoms with Crippen LogP contribution in [0.5, 0.6) is 0 Å². The van der Waals surface area contributed by atoms with E-state index < -0.39 is 27.7 Å². The molecule has 0 saturated carbocycles. The van der Waals surface area contributed by atoms with Crippen molar-refractivity contribution >= 4 is 22.1 Å². The predicted molar refractivity (Wildman–Crippen MR) is 94.5 cm³/mol. The number of carbonyl (C=O) groups is 2. The van der Waals surface area contributed by atoms with Gasteiger partial charge in [-0.3, -0.25) is 0 Å². The summed E-state index contributed by atoms with van der Waals surface area (Å²) < 4.78 is 31.6. The van der Waals surface area contributed by atoms with Crippen molar-refractivity contribution in [3.05, 3.63) is 29.8 Å². The molecule has 0 aliphatic carbocycles. The van der Waals surface area contributed by atoms with Gasteiger partial charge in [-0.05, 0) is 45.0 Å². The van der Waals surface area contributed by atoms with Gasteiger partial charge in [0.1, 0.15) is 5.60 Å². The van der Waals surface area contributed by atoms with Crippen molar-refractivity contribution in [3.8, 4) is 0 Å². The zero-order chi connectivity index (χ0) is 19.7. The van der Waals surface area contributed by atoms with Gasteiger partial charge in [-0.1, -0.05) is 0 Å². The maximum atomic E-state index is 12.6. The molecule has 1 aromatic carbocycles. The van der Waals surface area contributed by atoms with Gasteiger partial charge in [0.2, 0.25) is 10.0 Å². The van der Waals surface area contributed by atoms with Crippen molar-refractivity contribution in [2.24, 2.45) is 5.92 Å². The lowest BCUT2D eigenvalue weighted by molar-refractivity contribution is -0.00260. The normalized spacial score (nSPS) is 15.7. The second-order valence-corrected chi connectivity index (χ2v) is 9.41. The molecule has 0 spiro atoms. The van der Waals surface area contributed by atoms with Crippen LogP contribution in [0.15, 0.2) is 29.2 Å². The van der Waals surface area contributed by atoms with E-state index >= 15 is 0 Å². The topological polar surface area (TPSA) is 104 Å². The van der Waals surface area contributed by atoms with Crippen molar-refractivity contribution in [3.63, 3.8) is 0 Å². The first-order valence-electron chi connectivity index (χ1n) is 8.18. The second kappa shape index (κ2) is 7.24. The van der Waals surface area contributed by atoms with Gasteiger partial charge in [0, 0.05) is 32.6 Å². The predicted octanol–water partition coefficient (Wildman–Crippen LogP) is 1.87. The van der Waals surface area contributed by atoms with Gasteiger partial charge in [-0.25, -0.2) is 22.3 Å². The number of likely N-dealkylation sites (tertiary alicyclic amines) is 1. The molecule has 0 radical (unpaired) electrons. The lowest BCUT2D eigenvalue weighted by Gasteiger charge is -2.41. The number of hydrogen-bond donors (Lipinski definition) is 1. The van der Waals surface area contributed by atoms with Crippen LogP contribution in [-0.2, 0) is 14.8 Å². The van der Waals surface area contributed by atoms with Crippen LogP contribution in [0.25, 0.3) is 0 Å². The van der Waals surface area contributed by atoms with E-state index in [1.807, 2.05) is 0 Å². The Bertz CT molecular complexity index is 776. The quantitative estimate of drug-likeness (QED) is 0.831. The highest BCUT2D eigenvalue weighted by Crippen LogP contribution is 2.23. The summed E-state index contributed by atoms with van der Waals surface area (Å²) in [6.45, 7) is 6.51. The molecule has 9 heteroatoms. The number of rotatable bonds is 5. The second-order valence-electron chi connectivity index (χ2n) is 7.37. The number of amides is 1. The number of benzene rings is 1. The first kappa shape index (κ1) is 20.2. The Hall–Kier alpha value is -2.13. The van der Waals surface area contributed by atoms with E-state index in [4.69, 9.17) is 9.84 Å². The standard InChI is InChI=1S/C17H24N2O6S/c1-17(2,3)25-16(22)19-10-12(11-19)9-18(4)26(23,24)14-7-5-13(6-8-14)15(20)21/h5-8,12H,9-11H2,1-4H3,(H,20,21). The molecule has 1 N–H and O–H groups in total. The smallest absolute Gasteiger partial charge is 0.410 e. The van der Waals surface area contributed by atoms with Gasteiger partial charge in [-0.2, -0.15) is 0 Å². The minimum atomic E-state index is -3.71. The summed E-state index contributed by atoms with van der Waals surface area (Å²) in [6, 6.07) is 5.08. The van der Waals surface area contributed by atoms with Crippen LogP contribution < -0.4 is 0 Å². The van der Waals surface area contributed by atoms with Crippen LogP contribution in [-0.4, -0.2) is 67.1 Å². The molecular weight excluding hydrogens is 360 g/mol. The summed E-state index contributed by atoms with van der Waals surface area (Å²) in [6.07, 6.45) is -0.400. The largest absolute Gasteiger partial charge is 0.478 e. The molecule has 1 heterocycles. The molecule has 0 unspecified atom stereocenters. The molecule has 1 aliphatic rings. The number of carbonyl (C=O) groups excluding carboxylic acids is 1. The molecule has 1 aromatic rings. The number of carboxylic acid groups (broad SMARTS) is 1. The number of hydrogen-bond acceptors (Lipinski definition) is 5. The van der Waals surface area contributed by atoms with E-state index in [-0.39, 0.29) is 22.9 Å². The maximum absolute atomic E-state index is 12.6. The summed E-state index contributed by atoms with van der Waals surface area (Å²) >= 11 is 0. The van der Waals surface area contributed by atoms with Gasteiger partial charge in [-0.15, -0.1) is 0 Å². The molecular formula is C17H24N2O6S. The zero-order valence-corrected chi connectivity index (χ0v) is 16.1. The molecule has 0 bridgehead atoms. The highest BCUT2D eigenvalue weighted by atomic mass is 32.2.